The van der Waals surface area contributed by atoms with Crippen LogP contribution in [0.5, 0.6) is 0 Å². The van der Waals surface area contributed by atoms with E-state index in [1.807, 2.05) is 0 Å². The van der Waals surface area contributed by atoms with Crippen LogP contribution in [0, 0.1) is 12.7 Å². The molecule has 0 saturated carbocycles. The molecule has 0 aliphatic heterocycles. The summed E-state index contributed by atoms with van der Waals surface area (Å²) in [6.45, 7) is 1.68. The Morgan fingerprint density at radius 3 is 2.40 bits per heavy atom. The molecule has 0 unspecified atom stereocenters. The zero-order valence-electron chi connectivity index (χ0n) is 10.3. The quantitative estimate of drug-likeness (QED) is 0.620. The number of ketones is 1. The average Bonchev–Trinajstić information content (AvgIpc) is 2.40. The molecule has 0 aliphatic rings. The lowest BCUT2D eigenvalue weighted by atomic mass is 10.0. The zero-order chi connectivity index (χ0) is 14.9. The molecule has 0 aliphatic carbocycles. The van der Waals surface area contributed by atoms with Gasteiger partial charge in [-0.05, 0) is 31.2 Å². The maximum Gasteiger partial charge on any atom is 0.417 e. The smallest absolute Gasteiger partial charge is 0.287 e. The van der Waals surface area contributed by atoms with Gasteiger partial charge in [-0.25, -0.2) is 4.39 Å². The summed E-state index contributed by atoms with van der Waals surface area (Å²) in [4.78, 5) is 15.5. The van der Waals surface area contributed by atoms with Crippen molar-refractivity contribution in [2.75, 3.05) is 0 Å². The summed E-state index contributed by atoms with van der Waals surface area (Å²) in [5.74, 6) is -1.48. The highest BCUT2D eigenvalue weighted by molar-refractivity contribution is 6.07. The van der Waals surface area contributed by atoms with Crippen LogP contribution in [0.2, 0.25) is 0 Å². The Kier molecular flexibility index (Phi) is 3.57. The number of hydrogen-bond donors (Lipinski definition) is 0. The minimum absolute atomic E-state index is 0.211. The number of halogens is 4. The first-order chi connectivity index (χ1) is 9.29. The number of pyridine rings is 1. The van der Waals surface area contributed by atoms with Gasteiger partial charge in [0.2, 0.25) is 5.78 Å². The molecule has 104 valence electrons. The SMILES string of the molecule is Cc1ccc(F)c(C(=O)c2ccc(C(F)(F)F)cn2)c1. The molecule has 0 N–H and O–H groups in total. The molecule has 2 aromatic rings. The number of benzene rings is 1. The standard InChI is InChI=1S/C14H9F4NO/c1-8-2-4-11(15)10(6-8)13(20)12-5-3-9(7-19-12)14(16,17)18/h2-7H,1H3. The van der Waals surface area contributed by atoms with E-state index in [0.717, 1.165) is 18.2 Å². The van der Waals surface area contributed by atoms with Crippen LogP contribution >= 0.6 is 0 Å². The van der Waals surface area contributed by atoms with E-state index in [2.05, 4.69) is 4.98 Å². The summed E-state index contributed by atoms with van der Waals surface area (Å²) in [5.41, 5.74) is -0.736. The Balaban J connectivity index is 2.37. The Morgan fingerprint density at radius 2 is 1.85 bits per heavy atom. The van der Waals surface area contributed by atoms with Gasteiger partial charge >= 0.3 is 6.18 Å². The van der Waals surface area contributed by atoms with Gasteiger partial charge in [0, 0.05) is 6.20 Å². The first-order valence-electron chi connectivity index (χ1n) is 5.63. The zero-order valence-corrected chi connectivity index (χ0v) is 10.3. The third kappa shape index (κ3) is 2.84. The van der Waals surface area contributed by atoms with Crippen molar-refractivity contribution in [1.82, 2.24) is 4.98 Å². The number of nitrogens with zero attached hydrogens (tertiary/aromatic N) is 1. The summed E-state index contributed by atoms with van der Waals surface area (Å²) < 4.78 is 50.7. The number of aromatic nitrogens is 1. The summed E-state index contributed by atoms with van der Waals surface area (Å²) in [6.07, 6.45) is -3.97. The predicted molar refractivity (Wildman–Crippen MR) is 63.8 cm³/mol. The van der Waals surface area contributed by atoms with Crippen LogP contribution < -0.4 is 0 Å². The maximum atomic E-state index is 13.5. The van der Waals surface area contributed by atoms with Gasteiger partial charge in [0.05, 0.1) is 11.1 Å². The topological polar surface area (TPSA) is 30.0 Å². The molecule has 2 nitrogen and oxygen atoms in total. The molecule has 0 amide bonds. The van der Waals surface area contributed by atoms with Gasteiger partial charge in [-0.1, -0.05) is 11.6 Å². The van der Waals surface area contributed by atoms with E-state index in [1.54, 1.807) is 6.92 Å². The molecule has 0 atom stereocenters. The van der Waals surface area contributed by atoms with Gasteiger partial charge in [0.25, 0.3) is 0 Å². The molecular formula is C14H9F4NO. The van der Waals surface area contributed by atoms with Gasteiger partial charge in [-0.3, -0.25) is 9.78 Å². The van der Waals surface area contributed by atoms with Crippen molar-refractivity contribution in [1.29, 1.82) is 0 Å². The Bertz CT molecular complexity index is 647. The summed E-state index contributed by atoms with van der Waals surface area (Å²) in [5, 5.41) is 0. The highest BCUT2D eigenvalue weighted by Crippen LogP contribution is 2.28. The second kappa shape index (κ2) is 5.03. The van der Waals surface area contributed by atoms with E-state index in [9.17, 15) is 22.4 Å². The largest absolute Gasteiger partial charge is 0.417 e. The first kappa shape index (κ1) is 14.2. The van der Waals surface area contributed by atoms with Gasteiger partial charge < -0.3 is 0 Å². The summed E-state index contributed by atoms with van der Waals surface area (Å²) in [7, 11) is 0. The molecule has 6 heteroatoms. The van der Waals surface area contributed by atoms with Gasteiger partial charge in [-0.15, -0.1) is 0 Å². The van der Waals surface area contributed by atoms with Crippen molar-refractivity contribution in [3.63, 3.8) is 0 Å². The van der Waals surface area contributed by atoms with E-state index >= 15 is 0 Å². The van der Waals surface area contributed by atoms with Crippen molar-refractivity contribution in [3.05, 3.63) is 64.7 Å². The van der Waals surface area contributed by atoms with Crippen LogP contribution in [0.3, 0.4) is 0 Å². The lowest BCUT2D eigenvalue weighted by Gasteiger charge is -2.07. The second-order valence-corrected chi connectivity index (χ2v) is 4.24. The molecule has 0 bridgehead atoms. The number of aryl methyl sites for hydroxylation is 1. The number of rotatable bonds is 2. The molecule has 1 aromatic heterocycles. The number of carbonyl (C=O) groups excluding carboxylic acids is 1. The lowest BCUT2D eigenvalue weighted by molar-refractivity contribution is -0.137. The van der Waals surface area contributed by atoms with E-state index in [0.29, 0.717) is 11.8 Å². The Morgan fingerprint density at radius 1 is 1.15 bits per heavy atom. The highest BCUT2D eigenvalue weighted by Gasteiger charge is 2.31. The number of carbonyl (C=O) groups is 1. The maximum absolute atomic E-state index is 13.5. The van der Waals surface area contributed by atoms with Crippen LogP contribution in [0.15, 0.2) is 36.5 Å². The molecule has 1 aromatic carbocycles. The molecule has 0 fully saturated rings. The molecule has 2 rings (SSSR count). The summed E-state index contributed by atoms with van der Waals surface area (Å²) >= 11 is 0. The normalized spacial score (nSPS) is 11.4. The van der Waals surface area contributed by atoms with Crippen molar-refractivity contribution in [2.24, 2.45) is 0 Å². The molecule has 0 radical (unpaired) electrons. The van der Waals surface area contributed by atoms with Crippen LogP contribution in [-0.2, 0) is 6.18 Å². The predicted octanol–water partition coefficient (Wildman–Crippen LogP) is 3.78. The van der Waals surface area contributed by atoms with E-state index in [1.165, 1.54) is 12.1 Å². The molecule has 20 heavy (non-hydrogen) atoms. The fourth-order valence-corrected chi connectivity index (χ4v) is 1.65. The van der Waals surface area contributed by atoms with Crippen molar-refractivity contribution < 1.29 is 22.4 Å². The third-order valence-electron chi connectivity index (χ3n) is 2.69. The Hall–Kier alpha value is -2.24. The summed E-state index contributed by atoms with van der Waals surface area (Å²) in [6, 6.07) is 5.64. The third-order valence-corrected chi connectivity index (χ3v) is 2.69. The van der Waals surface area contributed by atoms with Crippen molar-refractivity contribution >= 4 is 5.78 Å². The minimum atomic E-state index is -4.52. The fourth-order valence-electron chi connectivity index (χ4n) is 1.65. The van der Waals surface area contributed by atoms with Gasteiger partial charge in [0.15, 0.2) is 0 Å². The Labute approximate surface area is 112 Å². The first-order valence-corrected chi connectivity index (χ1v) is 5.63. The lowest BCUT2D eigenvalue weighted by Crippen LogP contribution is -2.10. The highest BCUT2D eigenvalue weighted by atomic mass is 19.4. The van der Waals surface area contributed by atoms with Crippen LogP contribution in [-0.4, -0.2) is 10.8 Å². The minimum Gasteiger partial charge on any atom is -0.287 e. The monoisotopic (exact) mass is 283 g/mol. The van der Waals surface area contributed by atoms with E-state index in [4.69, 9.17) is 0 Å². The van der Waals surface area contributed by atoms with Gasteiger partial charge in [-0.2, -0.15) is 13.2 Å². The van der Waals surface area contributed by atoms with E-state index < -0.39 is 23.3 Å². The molecule has 0 spiro atoms. The van der Waals surface area contributed by atoms with Crippen LogP contribution in [0.1, 0.15) is 27.2 Å². The number of alkyl halides is 3. The van der Waals surface area contributed by atoms with Crippen molar-refractivity contribution in [3.8, 4) is 0 Å². The average molecular weight is 283 g/mol. The van der Waals surface area contributed by atoms with Crippen LogP contribution in [0.25, 0.3) is 0 Å². The number of hydrogen-bond acceptors (Lipinski definition) is 2. The molecule has 1 heterocycles. The van der Waals surface area contributed by atoms with Crippen LogP contribution in [0.4, 0.5) is 17.6 Å². The van der Waals surface area contributed by atoms with Crippen molar-refractivity contribution in [2.45, 2.75) is 13.1 Å². The van der Waals surface area contributed by atoms with E-state index in [-0.39, 0.29) is 11.3 Å². The molecular weight excluding hydrogens is 274 g/mol. The van der Waals surface area contributed by atoms with Gasteiger partial charge in [0.1, 0.15) is 11.5 Å². The fraction of sp³-hybridized carbons (Fsp3) is 0.143. The molecule has 0 saturated heterocycles. The second-order valence-electron chi connectivity index (χ2n) is 4.24.